The van der Waals surface area contributed by atoms with Gasteiger partial charge in [-0.25, -0.2) is 14.4 Å². The molecule has 1 aromatic carbocycles. The number of rotatable bonds is 5. The monoisotopic (exact) mass is 357 g/mol. The van der Waals surface area contributed by atoms with E-state index in [4.69, 9.17) is 0 Å². The van der Waals surface area contributed by atoms with Gasteiger partial charge < -0.3 is 15.1 Å². The molecule has 1 amide bonds. The van der Waals surface area contributed by atoms with E-state index in [-0.39, 0.29) is 11.7 Å². The Morgan fingerprint density at radius 2 is 1.85 bits per heavy atom. The van der Waals surface area contributed by atoms with Crippen molar-refractivity contribution in [3.05, 3.63) is 53.2 Å². The maximum absolute atomic E-state index is 12.9. The van der Waals surface area contributed by atoms with Crippen molar-refractivity contribution in [2.75, 3.05) is 44.7 Å². The number of likely N-dealkylation sites (N-methyl/N-ethyl adjacent to an activating group) is 1. The number of aromatic nitrogens is 2. The lowest BCUT2D eigenvalue weighted by atomic mass is 10.1. The number of carbonyl (C=O) groups is 1. The number of halogens is 1. The summed E-state index contributed by atoms with van der Waals surface area (Å²) in [5, 5.41) is 2.88. The number of nitrogens with zero attached hydrogens (tertiary/aromatic N) is 4. The fraction of sp³-hybridized carbons (Fsp3) is 0.421. The van der Waals surface area contributed by atoms with E-state index in [1.54, 1.807) is 25.1 Å². The fourth-order valence-electron chi connectivity index (χ4n) is 2.93. The van der Waals surface area contributed by atoms with Crippen molar-refractivity contribution in [2.24, 2.45) is 0 Å². The first-order chi connectivity index (χ1) is 12.5. The average Bonchev–Trinajstić information content (AvgIpc) is 2.63. The zero-order chi connectivity index (χ0) is 18.5. The molecule has 26 heavy (non-hydrogen) atoms. The summed E-state index contributed by atoms with van der Waals surface area (Å²) in [4.78, 5) is 25.6. The summed E-state index contributed by atoms with van der Waals surface area (Å²) in [5.74, 6) is 0.915. The number of carbonyl (C=O) groups excluding carboxylic acids is 1. The van der Waals surface area contributed by atoms with Crippen LogP contribution in [0.2, 0.25) is 0 Å². The van der Waals surface area contributed by atoms with Crippen LogP contribution >= 0.6 is 0 Å². The molecule has 0 spiro atoms. The Kier molecular flexibility index (Phi) is 5.78. The molecule has 7 heteroatoms. The minimum atomic E-state index is -0.259. The summed E-state index contributed by atoms with van der Waals surface area (Å²) in [5.41, 5.74) is 1.36. The zero-order valence-corrected chi connectivity index (χ0v) is 15.2. The maximum Gasteiger partial charge on any atom is 0.270 e. The van der Waals surface area contributed by atoms with Crippen LogP contribution in [-0.2, 0) is 6.42 Å². The van der Waals surface area contributed by atoms with E-state index in [1.165, 1.54) is 12.1 Å². The normalized spacial score (nSPS) is 15.1. The van der Waals surface area contributed by atoms with E-state index in [0.29, 0.717) is 24.5 Å². The standard InChI is InChI=1S/C19H24FN5O/c1-14-22-17(13-18(23-14)25-11-9-24(2)10-12-25)19(26)21-8-7-15-3-5-16(20)6-4-15/h3-6,13H,7-12H2,1-2H3,(H,21,26). The molecule has 1 aromatic heterocycles. The van der Waals surface area contributed by atoms with Gasteiger partial charge in [-0.15, -0.1) is 0 Å². The molecule has 0 aliphatic carbocycles. The molecule has 0 saturated carbocycles. The maximum atomic E-state index is 12.9. The predicted molar refractivity (Wildman–Crippen MR) is 98.9 cm³/mol. The highest BCUT2D eigenvalue weighted by atomic mass is 19.1. The lowest BCUT2D eigenvalue weighted by Gasteiger charge is -2.33. The molecule has 0 bridgehead atoms. The summed E-state index contributed by atoms with van der Waals surface area (Å²) in [6, 6.07) is 8.05. The molecule has 0 radical (unpaired) electrons. The van der Waals surface area contributed by atoms with Crippen molar-refractivity contribution in [1.29, 1.82) is 0 Å². The van der Waals surface area contributed by atoms with Gasteiger partial charge in [0.25, 0.3) is 5.91 Å². The van der Waals surface area contributed by atoms with Crippen LogP contribution in [0.4, 0.5) is 10.2 Å². The first-order valence-electron chi connectivity index (χ1n) is 8.83. The summed E-state index contributed by atoms with van der Waals surface area (Å²) in [7, 11) is 2.10. The molecule has 3 rings (SSSR count). The SMILES string of the molecule is Cc1nc(C(=O)NCCc2ccc(F)cc2)cc(N2CCN(C)CC2)n1. The van der Waals surface area contributed by atoms with Crippen molar-refractivity contribution in [3.63, 3.8) is 0 Å². The Bertz CT molecular complexity index is 757. The molecule has 1 aliphatic heterocycles. The first kappa shape index (κ1) is 18.3. The van der Waals surface area contributed by atoms with Gasteiger partial charge in [0.05, 0.1) is 0 Å². The summed E-state index contributed by atoms with van der Waals surface area (Å²) < 4.78 is 12.9. The minimum absolute atomic E-state index is 0.215. The third-order valence-corrected chi connectivity index (χ3v) is 4.50. The highest BCUT2D eigenvalue weighted by molar-refractivity contribution is 5.92. The van der Waals surface area contributed by atoms with Crippen LogP contribution in [0.3, 0.4) is 0 Å². The number of benzene rings is 1. The van der Waals surface area contributed by atoms with Gasteiger partial charge in [0.2, 0.25) is 0 Å². The van der Waals surface area contributed by atoms with Gasteiger partial charge in [-0.3, -0.25) is 4.79 Å². The van der Waals surface area contributed by atoms with Crippen LogP contribution in [-0.4, -0.2) is 60.5 Å². The van der Waals surface area contributed by atoms with Crippen molar-refractivity contribution in [2.45, 2.75) is 13.3 Å². The number of amides is 1. The van der Waals surface area contributed by atoms with Crippen LogP contribution in [0.1, 0.15) is 21.9 Å². The average molecular weight is 357 g/mol. The number of anilines is 1. The van der Waals surface area contributed by atoms with Crippen molar-refractivity contribution < 1.29 is 9.18 Å². The molecular formula is C19H24FN5O. The summed E-state index contributed by atoms with van der Waals surface area (Å²) >= 11 is 0. The number of hydrogen-bond acceptors (Lipinski definition) is 5. The van der Waals surface area contributed by atoms with Gasteiger partial charge in [0.15, 0.2) is 0 Å². The van der Waals surface area contributed by atoms with Gasteiger partial charge in [0, 0.05) is 38.8 Å². The largest absolute Gasteiger partial charge is 0.354 e. The Morgan fingerprint density at radius 1 is 1.15 bits per heavy atom. The number of aryl methyl sites for hydroxylation is 1. The third kappa shape index (κ3) is 4.76. The van der Waals surface area contributed by atoms with Crippen LogP contribution in [0.15, 0.2) is 30.3 Å². The van der Waals surface area contributed by atoms with Crippen LogP contribution in [0, 0.1) is 12.7 Å². The van der Waals surface area contributed by atoms with Gasteiger partial charge in [0.1, 0.15) is 23.2 Å². The van der Waals surface area contributed by atoms with Crippen LogP contribution in [0.5, 0.6) is 0 Å². The zero-order valence-electron chi connectivity index (χ0n) is 15.2. The van der Waals surface area contributed by atoms with E-state index in [1.807, 2.05) is 0 Å². The molecule has 0 atom stereocenters. The molecule has 2 aromatic rings. The molecule has 2 heterocycles. The number of hydrogen-bond donors (Lipinski definition) is 1. The van der Waals surface area contributed by atoms with Crippen LogP contribution < -0.4 is 10.2 Å². The fourth-order valence-corrected chi connectivity index (χ4v) is 2.93. The predicted octanol–water partition coefficient (Wildman–Crippen LogP) is 1.65. The molecule has 1 fully saturated rings. The van der Waals surface area contributed by atoms with Crippen molar-refractivity contribution in [3.8, 4) is 0 Å². The first-order valence-corrected chi connectivity index (χ1v) is 8.83. The molecule has 0 unspecified atom stereocenters. The van der Waals surface area contributed by atoms with E-state index in [2.05, 4.69) is 32.1 Å². The van der Waals surface area contributed by atoms with E-state index >= 15 is 0 Å². The Balaban J connectivity index is 1.60. The van der Waals surface area contributed by atoms with Gasteiger partial charge in [-0.1, -0.05) is 12.1 Å². The topological polar surface area (TPSA) is 61.4 Å². The highest BCUT2D eigenvalue weighted by Gasteiger charge is 2.18. The number of nitrogens with one attached hydrogen (secondary N) is 1. The van der Waals surface area contributed by atoms with Gasteiger partial charge >= 0.3 is 0 Å². The number of piperazine rings is 1. The molecule has 1 N–H and O–H groups in total. The Hall–Kier alpha value is -2.54. The smallest absolute Gasteiger partial charge is 0.270 e. The minimum Gasteiger partial charge on any atom is -0.354 e. The second kappa shape index (κ2) is 8.23. The van der Waals surface area contributed by atoms with E-state index in [0.717, 1.165) is 37.6 Å². The second-order valence-corrected chi connectivity index (χ2v) is 6.58. The third-order valence-electron chi connectivity index (χ3n) is 4.50. The van der Waals surface area contributed by atoms with E-state index < -0.39 is 0 Å². The van der Waals surface area contributed by atoms with Crippen molar-refractivity contribution in [1.82, 2.24) is 20.2 Å². The quantitative estimate of drug-likeness (QED) is 0.882. The summed E-state index contributed by atoms with van der Waals surface area (Å²) in [6.45, 7) is 5.99. The molecule has 1 saturated heterocycles. The van der Waals surface area contributed by atoms with Gasteiger partial charge in [-0.2, -0.15) is 0 Å². The van der Waals surface area contributed by atoms with E-state index in [9.17, 15) is 9.18 Å². The highest BCUT2D eigenvalue weighted by Crippen LogP contribution is 2.15. The molecule has 138 valence electrons. The van der Waals surface area contributed by atoms with Crippen molar-refractivity contribution >= 4 is 11.7 Å². The summed E-state index contributed by atoms with van der Waals surface area (Å²) in [6.07, 6.45) is 0.640. The lowest BCUT2D eigenvalue weighted by molar-refractivity contribution is 0.0948. The van der Waals surface area contributed by atoms with Crippen LogP contribution in [0.25, 0.3) is 0 Å². The second-order valence-electron chi connectivity index (χ2n) is 6.58. The molecule has 6 nitrogen and oxygen atoms in total. The lowest BCUT2D eigenvalue weighted by Crippen LogP contribution is -2.45. The Morgan fingerprint density at radius 3 is 2.54 bits per heavy atom. The Labute approximate surface area is 153 Å². The van der Waals surface area contributed by atoms with Gasteiger partial charge in [-0.05, 0) is 38.1 Å². The molecule has 1 aliphatic rings. The molecular weight excluding hydrogens is 333 g/mol.